The average molecular weight is 531 g/mol. The van der Waals surface area contributed by atoms with E-state index in [-0.39, 0.29) is 31.1 Å². The number of aromatic amines is 1. The Kier molecular flexibility index (Phi) is 10.8. The van der Waals surface area contributed by atoms with Crippen LogP contribution in [0.2, 0.25) is 0 Å². The molecule has 1 aromatic carbocycles. The van der Waals surface area contributed by atoms with Crippen molar-refractivity contribution in [3.8, 4) is 0 Å². The van der Waals surface area contributed by atoms with Gasteiger partial charge in [0.1, 0.15) is 18.1 Å². The highest BCUT2D eigenvalue weighted by atomic mass is 16.4. The van der Waals surface area contributed by atoms with Gasteiger partial charge in [-0.3, -0.25) is 19.2 Å². The summed E-state index contributed by atoms with van der Waals surface area (Å²) in [5.74, 6) is -4.40. The number of primary amides is 1. The molecule has 38 heavy (non-hydrogen) atoms. The van der Waals surface area contributed by atoms with E-state index in [1.807, 2.05) is 24.3 Å². The average Bonchev–Trinajstić information content (AvgIpc) is 3.25. The van der Waals surface area contributed by atoms with Crippen LogP contribution < -0.4 is 27.4 Å². The minimum Gasteiger partial charge on any atom is -0.480 e. The lowest BCUT2D eigenvalue weighted by atomic mass is 9.99. The van der Waals surface area contributed by atoms with Crippen LogP contribution in [0.3, 0.4) is 0 Å². The highest BCUT2D eigenvalue weighted by Gasteiger charge is 2.32. The molecule has 0 aliphatic heterocycles. The minimum atomic E-state index is -1.39. The molecule has 0 aliphatic rings. The van der Waals surface area contributed by atoms with E-state index in [9.17, 15) is 29.1 Å². The monoisotopic (exact) mass is 530 g/mol. The number of carboxylic acid groups (broad SMARTS) is 1. The third kappa shape index (κ3) is 8.30. The second kappa shape index (κ2) is 13.6. The zero-order chi connectivity index (χ0) is 28.6. The smallest absolute Gasteiger partial charge is 0.326 e. The van der Waals surface area contributed by atoms with Crippen LogP contribution in [0.15, 0.2) is 30.5 Å². The van der Waals surface area contributed by atoms with Gasteiger partial charge in [-0.2, -0.15) is 0 Å². The van der Waals surface area contributed by atoms with Crippen molar-refractivity contribution in [3.63, 3.8) is 0 Å². The number of H-pyrrole nitrogens is 1. The summed E-state index contributed by atoms with van der Waals surface area (Å²) < 4.78 is 0. The molecule has 2 rings (SSSR count). The molecule has 0 radical (unpaired) electrons. The molecular weight excluding hydrogens is 492 g/mol. The molecule has 1 heterocycles. The Morgan fingerprint density at radius 3 is 2.11 bits per heavy atom. The van der Waals surface area contributed by atoms with E-state index in [0.29, 0.717) is 0 Å². The van der Waals surface area contributed by atoms with E-state index in [4.69, 9.17) is 11.5 Å². The summed E-state index contributed by atoms with van der Waals surface area (Å²) in [5, 5.41) is 18.1. The molecule has 0 saturated heterocycles. The number of aromatic nitrogens is 1. The Balaban J connectivity index is 2.32. The zero-order valence-electron chi connectivity index (χ0n) is 22.1. The van der Waals surface area contributed by atoms with Crippen molar-refractivity contribution in [3.05, 3.63) is 36.0 Å². The summed E-state index contributed by atoms with van der Waals surface area (Å²) in [5.41, 5.74) is 12.6. The molecule has 4 unspecified atom stereocenters. The second-order valence-corrected chi connectivity index (χ2v) is 10.0. The fourth-order valence-electron chi connectivity index (χ4n) is 3.89. The summed E-state index contributed by atoms with van der Waals surface area (Å²) in [6.45, 7) is 7.05. The van der Waals surface area contributed by atoms with Crippen molar-refractivity contribution >= 4 is 40.5 Å². The van der Waals surface area contributed by atoms with Crippen molar-refractivity contribution in [2.75, 3.05) is 0 Å². The molecule has 12 nitrogen and oxygen atoms in total. The lowest BCUT2D eigenvalue weighted by Crippen LogP contribution is -2.59. The lowest BCUT2D eigenvalue weighted by Gasteiger charge is -2.27. The van der Waals surface area contributed by atoms with Crippen molar-refractivity contribution < 1.29 is 29.1 Å². The second-order valence-electron chi connectivity index (χ2n) is 10.0. The number of nitrogens with two attached hydrogens (primary N) is 2. The maximum Gasteiger partial charge on any atom is 0.326 e. The van der Waals surface area contributed by atoms with E-state index in [0.717, 1.165) is 16.5 Å². The van der Waals surface area contributed by atoms with Crippen LogP contribution in [0.5, 0.6) is 0 Å². The molecule has 0 fully saturated rings. The van der Waals surface area contributed by atoms with E-state index >= 15 is 0 Å². The van der Waals surface area contributed by atoms with Gasteiger partial charge in [0.05, 0.1) is 6.04 Å². The Labute approximate surface area is 221 Å². The van der Waals surface area contributed by atoms with Crippen LogP contribution in [0.1, 0.15) is 46.1 Å². The van der Waals surface area contributed by atoms with Crippen LogP contribution in [0, 0.1) is 11.8 Å². The predicted molar refractivity (Wildman–Crippen MR) is 142 cm³/mol. The van der Waals surface area contributed by atoms with Crippen molar-refractivity contribution in [1.82, 2.24) is 20.9 Å². The first-order chi connectivity index (χ1) is 17.8. The Bertz CT molecular complexity index is 1160. The van der Waals surface area contributed by atoms with E-state index in [1.165, 1.54) is 0 Å². The van der Waals surface area contributed by atoms with Gasteiger partial charge in [0.15, 0.2) is 0 Å². The molecule has 4 amide bonds. The van der Waals surface area contributed by atoms with Gasteiger partial charge in [-0.05, 0) is 29.9 Å². The molecule has 9 N–H and O–H groups in total. The summed E-state index contributed by atoms with van der Waals surface area (Å²) in [4.78, 5) is 65.2. The zero-order valence-corrected chi connectivity index (χ0v) is 22.1. The van der Waals surface area contributed by atoms with Gasteiger partial charge in [-0.15, -0.1) is 0 Å². The number of carbonyl (C=O) groups is 5. The van der Waals surface area contributed by atoms with Crippen LogP contribution >= 0.6 is 0 Å². The molecule has 4 atom stereocenters. The summed E-state index contributed by atoms with van der Waals surface area (Å²) in [6.07, 6.45) is 1.30. The molecule has 208 valence electrons. The Hall–Kier alpha value is -3.93. The number of amides is 4. The van der Waals surface area contributed by atoms with Gasteiger partial charge in [0.25, 0.3) is 0 Å². The largest absolute Gasteiger partial charge is 0.480 e. The van der Waals surface area contributed by atoms with E-state index < -0.39 is 53.8 Å². The number of hydrogen-bond acceptors (Lipinski definition) is 6. The first kappa shape index (κ1) is 30.3. The van der Waals surface area contributed by atoms with Gasteiger partial charge in [0.2, 0.25) is 23.6 Å². The third-order valence-corrected chi connectivity index (χ3v) is 6.29. The molecule has 0 saturated carbocycles. The van der Waals surface area contributed by atoms with Crippen LogP contribution in [-0.4, -0.2) is 63.9 Å². The van der Waals surface area contributed by atoms with Crippen molar-refractivity contribution in [1.29, 1.82) is 0 Å². The van der Waals surface area contributed by atoms with Crippen LogP contribution in [-0.2, 0) is 30.4 Å². The number of hydrogen-bond donors (Lipinski definition) is 7. The molecule has 2 aromatic rings. The van der Waals surface area contributed by atoms with Gasteiger partial charge >= 0.3 is 5.97 Å². The number of nitrogens with one attached hydrogen (secondary N) is 4. The van der Waals surface area contributed by atoms with Gasteiger partial charge in [-0.25, -0.2) is 4.79 Å². The van der Waals surface area contributed by atoms with Crippen molar-refractivity contribution in [2.45, 2.75) is 71.1 Å². The molecular formula is C26H38N6O6. The SMILES string of the molecule is CC(C)C(N)C(=O)NC(C(=O)NC(Cc1c[nH]c2ccccc12)C(=O)NC(CCC(N)=O)C(=O)O)C(C)C. The predicted octanol–water partition coefficient (Wildman–Crippen LogP) is 0.154. The standard InChI is InChI=1S/C26H38N6O6/c1-13(2)21(28)24(35)32-22(14(3)4)25(36)31-19(11-15-12-29-17-8-6-5-7-16(15)17)23(34)30-18(26(37)38)9-10-20(27)33/h5-8,12-14,18-19,21-22,29H,9-11,28H2,1-4H3,(H2,27,33)(H,30,34)(H,31,36)(H,32,35)(H,37,38). The fraction of sp³-hybridized carbons (Fsp3) is 0.500. The summed E-state index contributed by atoms with van der Waals surface area (Å²) in [7, 11) is 0. The highest BCUT2D eigenvalue weighted by Crippen LogP contribution is 2.19. The van der Waals surface area contributed by atoms with Gasteiger partial charge in [0, 0.05) is 29.9 Å². The number of rotatable bonds is 14. The van der Waals surface area contributed by atoms with Gasteiger partial charge < -0.3 is 37.5 Å². The topological polar surface area (TPSA) is 209 Å². The van der Waals surface area contributed by atoms with Crippen LogP contribution in [0.4, 0.5) is 0 Å². The third-order valence-electron chi connectivity index (χ3n) is 6.29. The van der Waals surface area contributed by atoms with E-state index in [2.05, 4.69) is 20.9 Å². The number of carboxylic acids is 1. The molecule has 0 aliphatic carbocycles. The number of aliphatic carboxylic acids is 1. The van der Waals surface area contributed by atoms with E-state index in [1.54, 1.807) is 33.9 Å². The molecule has 0 bridgehead atoms. The number of carbonyl (C=O) groups excluding carboxylic acids is 4. The number of para-hydroxylation sites is 1. The number of fused-ring (bicyclic) bond motifs is 1. The maximum atomic E-state index is 13.3. The normalized spacial score (nSPS) is 14.5. The quantitative estimate of drug-likeness (QED) is 0.180. The first-order valence-corrected chi connectivity index (χ1v) is 12.5. The molecule has 0 spiro atoms. The molecule has 1 aromatic heterocycles. The maximum absolute atomic E-state index is 13.3. The van der Waals surface area contributed by atoms with Gasteiger partial charge in [-0.1, -0.05) is 45.9 Å². The Morgan fingerprint density at radius 2 is 1.53 bits per heavy atom. The fourth-order valence-corrected chi connectivity index (χ4v) is 3.89. The first-order valence-electron chi connectivity index (χ1n) is 12.5. The minimum absolute atomic E-state index is 0.0357. The summed E-state index contributed by atoms with van der Waals surface area (Å²) >= 11 is 0. The lowest BCUT2D eigenvalue weighted by molar-refractivity contribution is -0.142. The molecule has 12 heteroatoms. The van der Waals surface area contributed by atoms with Crippen LogP contribution in [0.25, 0.3) is 10.9 Å². The summed E-state index contributed by atoms with van der Waals surface area (Å²) in [6, 6.07) is 3.01. The highest BCUT2D eigenvalue weighted by molar-refractivity contribution is 5.95. The number of benzene rings is 1. The Morgan fingerprint density at radius 1 is 0.895 bits per heavy atom. The van der Waals surface area contributed by atoms with Crippen molar-refractivity contribution in [2.24, 2.45) is 23.3 Å².